The van der Waals surface area contributed by atoms with Crippen molar-refractivity contribution in [3.63, 3.8) is 0 Å². The van der Waals surface area contributed by atoms with Gasteiger partial charge >= 0.3 is 0 Å². The Labute approximate surface area is 78.9 Å². The summed E-state index contributed by atoms with van der Waals surface area (Å²) in [7, 11) is 0. The molecule has 0 aliphatic carbocycles. The molecule has 1 heterocycles. The Balaban J connectivity index is 2.67. The summed E-state index contributed by atoms with van der Waals surface area (Å²) in [4.78, 5) is 0. The van der Waals surface area contributed by atoms with E-state index in [4.69, 9.17) is 0 Å². The van der Waals surface area contributed by atoms with E-state index in [9.17, 15) is 8.78 Å². The molecule has 3 heteroatoms. The van der Waals surface area contributed by atoms with Crippen molar-refractivity contribution in [2.75, 3.05) is 6.54 Å². The van der Waals surface area contributed by atoms with Gasteiger partial charge in [-0.3, -0.25) is 0 Å². The van der Waals surface area contributed by atoms with E-state index in [-0.39, 0.29) is 11.3 Å². The van der Waals surface area contributed by atoms with Crippen LogP contribution in [0.2, 0.25) is 0 Å². The van der Waals surface area contributed by atoms with Crippen LogP contribution >= 0.6 is 0 Å². The van der Waals surface area contributed by atoms with Gasteiger partial charge in [0.1, 0.15) is 0 Å². The van der Waals surface area contributed by atoms with Crippen LogP contribution in [0.25, 0.3) is 0 Å². The second kappa shape index (κ2) is 3.91. The minimum Gasteiger partial charge on any atom is -0.309 e. The Morgan fingerprint density at radius 3 is 2.31 bits per heavy atom. The Morgan fingerprint density at radius 2 is 1.92 bits per heavy atom. The van der Waals surface area contributed by atoms with Gasteiger partial charge < -0.3 is 5.32 Å². The Kier molecular flexibility index (Phi) is 3.28. The molecule has 0 aromatic rings. The molecule has 1 fully saturated rings. The van der Waals surface area contributed by atoms with Gasteiger partial charge in [-0.15, -0.1) is 0 Å². The predicted octanol–water partition coefficient (Wildman–Crippen LogP) is 2.67. The molecule has 2 atom stereocenters. The first-order valence-corrected chi connectivity index (χ1v) is 4.94. The monoisotopic (exact) mass is 191 g/mol. The highest BCUT2D eigenvalue weighted by atomic mass is 19.3. The van der Waals surface area contributed by atoms with Crippen LogP contribution in [0.1, 0.15) is 33.6 Å². The molecule has 0 aromatic carbocycles. The topological polar surface area (TPSA) is 12.0 Å². The molecular weight excluding hydrogens is 172 g/mol. The first-order valence-electron chi connectivity index (χ1n) is 4.94. The van der Waals surface area contributed by atoms with Gasteiger partial charge in [0.05, 0.1) is 6.04 Å². The average molecular weight is 191 g/mol. The van der Waals surface area contributed by atoms with Gasteiger partial charge in [-0.05, 0) is 30.7 Å². The van der Waals surface area contributed by atoms with Crippen molar-refractivity contribution >= 4 is 0 Å². The summed E-state index contributed by atoms with van der Waals surface area (Å²) in [5.74, 6) is 0.0984. The molecular formula is C10H19F2N. The molecule has 13 heavy (non-hydrogen) atoms. The summed E-state index contributed by atoms with van der Waals surface area (Å²) in [6.45, 7) is 6.86. The molecule has 1 rings (SSSR count). The first-order chi connectivity index (χ1) is 5.93. The number of rotatable bonds is 1. The fourth-order valence-corrected chi connectivity index (χ4v) is 2.15. The van der Waals surface area contributed by atoms with Crippen LogP contribution in [-0.4, -0.2) is 19.0 Å². The summed E-state index contributed by atoms with van der Waals surface area (Å²) >= 11 is 0. The molecule has 1 saturated heterocycles. The van der Waals surface area contributed by atoms with Gasteiger partial charge in [0.25, 0.3) is 6.43 Å². The van der Waals surface area contributed by atoms with Gasteiger partial charge in [0.15, 0.2) is 0 Å². The van der Waals surface area contributed by atoms with Crippen molar-refractivity contribution in [2.24, 2.45) is 11.3 Å². The molecule has 78 valence electrons. The number of hydrogen-bond donors (Lipinski definition) is 1. The Morgan fingerprint density at radius 1 is 1.31 bits per heavy atom. The van der Waals surface area contributed by atoms with E-state index >= 15 is 0 Å². The van der Waals surface area contributed by atoms with Crippen LogP contribution in [0.3, 0.4) is 0 Å². The molecule has 1 aliphatic rings. The molecule has 0 amide bonds. The predicted molar refractivity (Wildman–Crippen MR) is 50.0 cm³/mol. The molecule has 2 unspecified atom stereocenters. The maximum Gasteiger partial charge on any atom is 0.253 e. The Hall–Kier alpha value is -0.180. The SMILES string of the molecule is CC(C)(C)C1CCCNC1C(F)F. The lowest BCUT2D eigenvalue weighted by Crippen LogP contribution is -2.50. The zero-order valence-electron chi connectivity index (χ0n) is 8.61. The van der Waals surface area contributed by atoms with Gasteiger partial charge in [-0.2, -0.15) is 0 Å². The van der Waals surface area contributed by atoms with Crippen LogP contribution in [0.5, 0.6) is 0 Å². The first kappa shape index (κ1) is 10.9. The largest absolute Gasteiger partial charge is 0.309 e. The average Bonchev–Trinajstić information content (AvgIpc) is 2.03. The van der Waals surface area contributed by atoms with E-state index in [1.165, 1.54) is 0 Å². The number of halogens is 2. The van der Waals surface area contributed by atoms with E-state index in [0.29, 0.717) is 0 Å². The van der Waals surface area contributed by atoms with Crippen LogP contribution in [0.4, 0.5) is 8.78 Å². The smallest absolute Gasteiger partial charge is 0.253 e. The zero-order chi connectivity index (χ0) is 10.1. The van der Waals surface area contributed by atoms with Crippen LogP contribution in [0.15, 0.2) is 0 Å². The van der Waals surface area contributed by atoms with E-state index in [1.54, 1.807) is 0 Å². The quantitative estimate of drug-likeness (QED) is 0.672. The third kappa shape index (κ3) is 2.63. The van der Waals surface area contributed by atoms with Crippen molar-refractivity contribution in [1.29, 1.82) is 0 Å². The standard InChI is InChI=1S/C10H19F2N/c1-10(2,3)7-5-4-6-13-8(7)9(11)12/h7-9,13H,4-6H2,1-3H3. The highest BCUT2D eigenvalue weighted by Crippen LogP contribution is 2.36. The summed E-state index contributed by atoms with van der Waals surface area (Å²) < 4.78 is 25.3. The van der Waals surface area contributed by atoms with Crippen molar-refractivity contribution in [3.8, 4) is 0 Å². The summed E-state index contributed by atoms with van der Waals surface area (Å²) in [6, 6.07) is -0.603. The molecule has 1 aliphatic heterocycles. The second-order valence-electron chi connectivity index (χ2n) is 4.93. The summed E-state index contributed by atoms with van der Waals surface area (Å²) in [6.07, 6.45) is -0.291. The van der Waals surface area contributed by atoms with Gasteiger partial charge in [-0.1, -0.05) is 20.8 Å². The molecule has 0 bridgehead atoms. The lowest BCUT2D eigenvalue weighted by atomic mass is 9.72. The van der Waals surface area contributed by atoms with Crippen molar-refractivity contribution < 1.29 is 8.78 Å². The van der Waals surface area contributed by atoms with Crippen molar-refractivity contribution in [2.45, 2.75) is 46.1 Å². The van der Waals surface area contributed by atoms with Gasteiger partial charge in [-0.25, -0.2) is 8.78 Å². The molecule has 1 nitrogen and oxygen atoms in total. The van der Waals surface area contributed by atoms with Gasteiger partial charge in [0.2, 0.25) is 0 Å². The van der Waals surface area contributed by atoms with Crippen LogP contribution < -0.4 is 5.32 Å². The molecule has 1 N–H and O–H groups in total. The van der Waals surface area contributed by atoms with Crippen molar-refractivity contribution in [1.82, 2.24) is 5.32 Å². The fourth-order valence-electron chi connectivity index (χ4n) is 2.15. The molecule has 0 radical (unpaired) electrons. The number of piperidine rings is 1. The third-order valence-electron chi connectivity index (χ3n) is 2.89. The maximum atomic E-state index is 12.6. The minimum absolute atomic E-state index is 0.0193. The van der Waals surface area contributed by atoms with Gasteiger partial charge in [0, 0.05) is 0 Å². The van der Waals surface area contributed by atoms with Crippen LogP contribution in [0, 0.1) is 11.3 Å². The number of alkyl halides is 2. The number of nitrogens with one attached hydrogen (secondary N) is 1. The van der Waals surface area contributed by atoms with E-state index < -0.39 is 12.5 Å². The van der Waals surface area contributed by atoms with Crippen LogP contribution in [-0.2, 0) is 0 Å². The highest BCUT2D eigenvalue weighted by Gasteiger charge is 2.38. The highest BCUT2D eigenvalue weighted by molar-refractivity contribution is 4.89. The third-order valence-corrected chi connectivity index (χ3v) is 2.89. The maximum absolute atomic E-state index is 12.6. The molecule has 0 aromatic heterocycles. The lowest BCUT2D eigenvalue weighted by molar-refractivity contribution is 0.0157. The second-order valence-corrected chi connectivity index (χ2v) is 4.93. The normalized spacial score (nSPS) is 30.9. The lowest BCUT2D eigenvalue weighted by Gasteiger charge is -2.40. The van der Waals surface area contributed by atoms with E-state index in [2.05, 4.69) is 5.32 Å². The minimum atomic E-state index is -2.23. The number of hydrogen-bond acceptors (Lipinski definition) is 1. The van der Waals surface area contributed by atoms with Crippen molar-refractivity contribution in [3.05, 3.63) is 0 Å². The zero-order valence-corrected chi connectivity index (χ0v) is 8.61. The van der Waals surface area contributed by atoms with E-state index in [1.807, 2.05) is 20.8 Å². The molecule has 0 spiro atoms. The summed E-state index contributed by atoms with van der Waals surface area (Å²) in [5.41, 5.74) is -0.0193. The fraction of sp³-hybridized carbons (Fsp3) is 1.00. The molecule has 0 saturated carbocycles. The van der Waals surface area contributed by atoms with E-state index in [0.717, 1.165) is 19.4 Å². The summed E-state index contributed by atoms with van der Waals surface area (Å²) in [5, 5.41) is 2.93. The Bertz CT molecular complexity index is 163.